The van der Waals surface area contributed by atoms with Crippen molar-refractivity contribution in [3.8, 4) is 0 Å². The van der Waals surface area contributed by atoms with E-state index in [9.17, 15) is 32.3 Å². The predicted molar refractivity (Wildman–Crippen MR) is 143 cm³/mol. The SMILES string of the molecule is C/N=C\[C@H](CC1(F)C(=O)Nc2ccccc21)NC(=O)[C@@H]1[C@@H]2[C@H](CN1C(=O)[C@@H](NC(=O)C(F)(F)F)C(C)(C)C)C2(C)C. The van der Waals surface area contributed by atoms with Crippen LogP contribution in [-0.2, 0) is 24.8 Å². The van der Waals surface area contributed by atoms with Crippen molar-refractivity contribution in [3.05, 3.63) is 29.8 Å². The van der Waals surface area contributed by atoms with Crippen LogP contribution in [0, 0.1) is 22.7 Å². The lowest BCUT2D eigenvalue weighted by molar-refractivity contribution is -0.176. The summed E-state index contributed by atoms with van der Waals surface area (Å²) in [6, 6.07) is 2.60. The Bertz CT molecular complexity index is 1290. The van der Waals surface area contributed by atoms with Crippen LogP contribution in [0.2, 0.25) is 0 Å². The fourth-order valence-electron chi connectivity index (χ4n) is 6.22. The first-order chi connectivity index (χ1) is 18.8. The maximum Gasteiger partial charge on any atom is 0.471 e. The summed E-state index contributed by atoms with van der Waals surface area (Å²) in [6.07, 6.45) is -4.37. The number of nitrogens with one attached hydrogen (secondary N) is 3. The number of para-hydroxylation sites is 1. The van der Waals surface area contributed by atoms with Gasteiger partial charge in [0.1, 0.15) is 12.1 Å². The molecule has 3 aliphatic rings. The Kier molecular flexibility index (Phi) is 7.49. The van der Waals surface area contributed by atoms with Crippen LogP contribution >= 0.6 is 0 Å². The van der Waals surface area contributed by atoms with Gasteiger partial charge in [0, 0.05) is 37.5 Å². The van der Waals surface area contributed by atoms with E-state index in [4.69, 9.17) is 0 Å². The smallest absolute Gasteiger partial charge is 0.346 e. The number of benzene rings is 1. The van der Waals surface area contributed by atoms with E-state index in [0.29, 0.717) is 5.69 Å². The number of carbonyl (C=O) groups excluding carboxylic acids is 4. The number of nitrogens with zero attached hydrogens (tertiary/aromatic N) is 2. The third-order valence-corrected chi connectivity index (χ3v) is 8.53. The van der Waals surface area contributed by atoms with Gasteiger partial charge in [-0.05, 0) is 28.7 Å². The number of carbonyl (C=O) groups is 4. The normalized spacial score (nSPS) is 28.0. The van der Waals surface area contributed by atoms with Crippen LogP contribution in [0.3, 0.4) is 0 Å². The number of rotatable bonds is 7. The van der Waals surface area contributed by atoms with Crippen molar-refractivity contribution in [1.29, 1.82) is 0 Å². The highest BCUT2D eigenvalue weighted by Gasteiger charge is 2.70. The van der Waals surface area contributed by atoms with Crippen molar-refractivity contribution in [2.24, 2.45) is 27.7 Å². The first kappa shape index (κ1) is 30.4. The van der Waals surface area contributed by atoms with Crippen molar-refractivity contribution < 1.29 is 36.7 Å². The van der Waals surface area contributed by atoms with Gasteiger partial charge >= 0.3 is 12.1 Å². The lowest BCUT2D eigenvalue weighted by Crippen LogP contribution is -2.61. The molecule has 3 N–H and O–H groups in total. The molecule has 6 atom stereocenters. The van der Waals surface area contributed by atoms with Gasteiger partial charge in [0.25, 0.3) is 5.91 Å². The summed E-state index contributed by atoms with van der Waals surface area (Å²) in [5.41, 5.74) is -3.44. The largest absolute Gasteiger partial charge is 0.471 e. The molecule has 0 spiro atoms. The van der Waals surface area contributed by atoms with Gasteiger partial charge < -0.3 is 20.9 Å². The number of halogens is 4. The second-order valence-electron chi connectivity index (χ2n) is 12.7. The topological polar surface area (TPSA) is 120 Å². The Hall–Kier alpha value is -3.51. The van der Waals surface area contributed by atoms with Crippen LogP contribution in [-0.4, -0.2) is 72.6 Å². The Morgan fingerprint density at radius 2 is 1.80 bits per heavy atom. The molecule has 0 aromatic heterocycles. The van der Waals surface area contributed by atoms with Crippen molar-refractivity contribution in [2.75, 3.05) is 18.9 Å². The van der Waals surface area contributed by atoms with Crippen LogP contribution in [0.4, 0.5) is 23.2 Å². The Balaban J connectivity index is 1.59. The molecule has 2 aliphatic heterocycles. The van der Waals surface area contributed by atoms with Crippen LogP contribution in [0.1, 0.15) is 46.6 Å². The van der Waals surface area contributed by atoms with Gasteiger partial charge in [-0.1, -0.05) is 52.8 Å². The van der Waals surface area contributed by atoms with Gasteiger partial charge in [-0.25, -0.2) is 4.39 Å². The number of hydrogen-bond acceptors (Lipinski definition) is 5. The molecule has 1 saturated heterocycles. The highest BCUT2D eigenvalue weighted by atomic mass is 19.4. The van der Waals surface area contributed by atoms with Crippen molar-refractivity contribution in [3.63, 3.8) is 0 Å². The van der Waals surface area contributed by atoms with E-state index in [1.165, 1.54) is 45.0 Å². The monoisotopic (exact) mass is 581 g/mol. The molecule has 13 heteroatoms. The fraction of sp³-hybridized carbons (Fsp3) is 0.607. The summed E-state index contributed by atoms with van der Waals surface area (Å²) in [4.78, 5) is 57.0. The summed E-state index contributed by atoms with van der Waals surface area (Å²) < 4.78 is 55.4. The van der Waals surface area contributed by atoms with Gasteiger partial charge in [-0.2, -0.15) is 13.2 Å². The molecule has 0 bridgehead atoms. The van der Waals surface area contributed by atoms with Crippen molar-refractivity contribution >= 4 is 35.5 Å². The van der Waals surface area contributed by atoms with E-state index < -0.39 is 65.4 Å². The van der Waals surface area contributed by atoms with Crippen LogP contribution in [0.25, 0.3) is 0 Å². The summed E-state index contributed by atoms with van der Waals surface area (Å²) in [5, 5.41) is 7.03. The minimum absolute atomic E-state index is 0.0977. The summed E-state index contributed by atoms with van der Waals surface area (Å²) in [7, 11) is 1.43. The molecular formula is C28H35F4N5O4. The number of fused-ring (bicyclic) bond motifs is 2. The van der Waals surface area contributed by atoms with Gasteiger partial charge in [-0.3, -0.25) is 24.2 Å². The minimum Gasteiger partial charge on any atom is -0.346 e. The average Bonchev–Trinajstić information content (AvgIpc) is 3.14. The zero-order valence-electron chi connectivity index (χ0n) is 23.7. The molecule has 9 nitrogen and oxygen atoms in total. The molecule has 1 aromatic rings. The van der Waals surface area contributed by atoms with Crippen molar-refractivity contribution in [1.82, 2.24) is 15.5 Å². The third-order valence-electron chi connectivity index (χ3n) is 8.53. The zero-order chi connectivity index (χ0) is 30.7. The van der Waals surface area contributed by atoms with Crippen LogP contribution in [0.15, 0.2) is 29.3 Å². The highest BCUT2D eigenvalue weighted by molar-refractivity contribution is 6.05. The van der Waals surface area contributed by atoms with Gasteiger partial charge in [0.2, 0.25) is 17.5 Å². The standard InChI is InChI=1S/C28H35F4N5O4/c1-25(2,3)20(36-24(41)28(30,31)32)22(39)37-13-16-18(26(16,4)5)19(37)21(38)34-14(12-33-6)11-27(29)15-9-7-8-10-17(15)35-23(27)40/h7-10,12,14,16,18-20H,11,13H2,1-6H3,(H,34,38)(H,35,40)(H,36,41)/b33-12-/t14-,16-,18-,19-,20+,27?/m0/s1. The molecule has 1 aliphatic carbocycles. The number of alkyl halides is 4. The lowest BCUT2D eigenvalue weighted by atomic mass is 9.85. The Morgan fingerprint density at radius 1 is 1.17 bits per heavy atom. The van der Waals surface area contributed by atoms with Crippen LogP contribution in [0.5, 0.6) is 0 Å². The van der Waals surface area contributed by atoms with Gasteiger partial charge in [0.15, 0.2) is 0 Å². The average molecular weight is 582 g/mol. The predicted octanol–water partition coefficient (Wildman–Crippen LogP) is 2.96. The van der Waals surface area contributed by atoms with Gasteiger partial charge in [0.05, 0.1) is 6.04 Å². The maximum absolute atomic E-state index is 16.1. The fourth-order valence-corrected chi connectivity index (χ4v) is 6.22. The number of hydrogen-bond donors (Lipinski definition) is 3. The molecule has 4 rings (SSSR count). The second-order valence-corrected chi connectivity index (χ2v) is 12.7. The van der Waals surface area contributed by atoms with Gasteiger partial charge in [-0.15, -0.1) is 0 Å². The lowest BCUT2D eigenvalue weighted by Gasteiger charge is -2.38. The summed E-state index contributed by atoms with van der Waals surface area (Å²) in [5.74, 6) is -4.99. The number of amides is 4. The molecule has 41 heavy (non-hydrogen) atoms. The van der Waals surface area contributed by atoms with E-state index in [1.54, 1.807) is 18.2 Å². The molecule has 4 amide bonds. The zero-order valence-corrected chi connectivity index (χ0v) is 23.7. The first-order valence-electron chi connectivity index (χ1n) is 13.3. The molecule has 1 aromatic carbocycles. The molecule has 2 heterocycles. The molecule has 1 unspecified atom stereocenters. The maximum atomic E-state index is 16.1. The number of piperidine rings is 1. The number of likely N-dealkylation sites (tertiary alicyclic amines) is 1. The van der Waals surface area contributed by atoms with E-state index in [0.717, 1.165) is 0 Å². The van der Waals surface area contributed by atoms with E-state index in [-0.39, 0.29) is 29.4 Å². The minimum atomic E-state index is -5.20. The summed E-state index contributed by atoms with van der Waals surface area (Å²) in [6.45, 7) is 8.51. The Labute approximate surface area is 235 Å². The first-order valence-corrected chi connectivity index (χ1v) is 13.3. The van der Waals surface area contributed by atoms with E-state index in [1.807, 2.05) is 19.2 Å². The van der Waals surface area contributed by atoms with Crippen molar-refractivity contribution in [2.45, 2.75) is 71.0 Å². The third kappa shape index (κ3) is 5.42. The molecule has 1 saturated carbocycles. The summed E-state index contributed by atoms with van der Waals surface area (Å²) >= 11 is 0. The van der Waals surface area contributed by atoms with E-state index >= 15 is 4.39 Å². The van der Waals surface area contributed by atoms with E-state index in [2.05, 4.69) is 15.6 Å². The van der Waals surface area contributed by atoms with Crippen LogP contribution < -0.4 is 16.0 Å². The quantitative estimate of drug-likeness (QED) is 0.339. The second kappa shape index (κ2) is 10.1. The molecule has 224 valence electrons. The Morgan fingerprint density at radius 3 is 2.39 bits per heavy atom. The molecule has 2 fully saturated rings. The number of aliphatic imine (C=N–C) groups is 1. The number of anilines is 1. The highest BCUT2D eigenvalue weighted by Crippen LogP contribution is 2.65. The molecular weight excluding hydrogens is 546 g/mol. The molecule has 0 radical (unpaired) electrons.